The summed E-state index contributed by atoms with van der Waals surface area (Å²) in [6, 6.07) is 5.59. The third kappa shape index (κ3) is 5.23. The second-order valence-corrected chi connectivity index (χ2v) is 12.1. The Labute approximate surface area is 224 Å². The van der Waals surface area contributed by atoms with Crippen molar-refractivity contribution in [1.29, 1.82) is 0 Å². The lowest BCUT2D eigenvalue weighted by atomic mass is 9.75. The molecule has 0 radical (unpaired) electrons. The highest BCUT2D eigenvalue weighted by atomic mass is 16.3. The van der Waals surface area contributed by atoms with Crippen molar-refractivity contribution in [2.45, 2.75) is 84.6 Å². The molecule has 0 aliphatic heterocycles. The largest absolute Gasteiger partial charge is 0.507 e. The van der Waals surface area contributed by atoms with Gasteiger partial charge in [-0.25, -0.2) is 4.98 Å². The summed E-state index contributed by atoms with van der Waals surface area (Å²) < 4.78 is 2.19. The van der Waals surface area contributed by atoms with Gasteiger partial charge in [0.2, 0.25) is 5.91 Å². The van der Waals surface area contributed by atoms with Crippen LogP contribution in [-0.4, -0.2) is 37.1 Å². The maximum absolute atomic E-state index is 12.8. The molecule has 1 aromatic carbocycles. The zero-order chi connectivity index (χ0) is 27.8. The number of aromatic hydroxyl groups is 1. The maximum atomic E-state index is 12.8. The van der Waals surface area contributed by atoms with E-state index in [0.29, 0.717) is 25.1 Å². The number of aryl methyl sites for hydroxylation is 2. The second kappa shape index (κ2) is 10.3. The third-order valence-corrected chi connectivity index (χ3v) is 7.08. The average Bonchev–Trinajstić information content (AvgIpc) is 3.18. The number of primary amides is 1. The van der Waals surface area contributed by atoms with E-state index in [-0.39, 0.29) is 11.2 Å². The summed E-state index contributed by atoms with van der Waals surface area (Å²) in [5, 5.41) is 11.5. The standard InChI is InChI=1S/C30H40N6O2/c1-29(2,3)20-16-19(28(32)38)18(24(27(20)37)30(4,5)6)12-15-36-23(11-7-8-13-31)35-22-17-34-21-10-9-14-33-25(21)26(22)36/h9-10,14,16-17,37H,7-8,11-13,15,31H2,1-6H3,(H2,32,38). The van der Waals surface area contributed by atoms with Crippen molar-refractivity contribution < 1.29 is 9.90 Å². The van der Waals surface area contributed by atoms with E-state index >= 15 is 0 Å². The number of nitrogens with zero attached hydrogens (tertiary/aromatic N) is 4. The lowest BCUT2D eigenvalue weighted by Crippen LogP contribution is -2.25. The molecule has 0 unspecified atom stereocenters. The van der Waals surface area contributed by atoms with Crippen LogP contribution in [0.4, 0.5) is 0 Å². The Morgan fingerprint density at radius 1 is 1.03 bits per heavy atom. The Morgan fingerprint density at radius 3 is 2.39 bits per heavy atom. The first kappa shape index (κ1) is 27.5. The monoisotopic (exact) mass is 516 g/mol. The van der Waals surface area contributed by atoms with E-state index in [0.717, 1.165) is 63.8 Å². The van der Waals surface area contributed by atoms with Gasteiger partial charge in [-0.2, -0.15) is 0 Å². The first-order chi connectivity index (χ1) is 17.8. The molecule has 0 spiro atoms. The highest BCUT2D eigenvalue weighted by Gasteiger charge is 2.31. The van der Waals surface area contributed by atoms with Gasteiger partial charge in [-0.05, 0) is 60.4 Å². The molecular formula is C30H40N6O2. The van der Waals surface area contributed by atoms with Crippen LogP contribution in [0.1, 0.15) is 87.3 Å². The summed E-state index contributed by atoms with van der Waals surface area (Å²) >= 11 is 0. The predicted octanol–water partition coefficient (Wildman–Crippen LogP) is 4.90. The lowest BCUT2D eigenvalue weighted by Gasteiger charge is -2.31. The Morgan fingerprint density at radius 2 is 1.76 bits per heavy atom. The molecular weight excluding hydrogens is 476 g/mol. The number of phenolic OH excluding ortho intramolecular Hbond substituents is 1. The normalized spacial score (nSPS) is 12.5. The topological polar surface area (TPSA) is 133 Å². The van der Waals surface area contributed by atoms with Crippen LogP contribution in [0.5, 0.6) is 5.75 Å². The van der Waals surface area contributed by atoms with Gasteiger partial charge >= 0.3 is 0 Å². The van der Waals surface area contributed by atoms with Crippen molar-refractivity contribution in [1.82, 2.24) is 19.5 Å². The van der Waals surface area contributed by atoms with Crippen LogP contribution in [-0.2, 0) is 30.2 Å². The SMILES string of the molecule is CC(C)(C)c1cc(C(N)=O)c(CCn2c(CCCCN)nc3cnc4cccnc4c32)c(C(C)(C)C)c1O. The van der Waals surface area contributed by atoms with Gasteiger partial charge in [-0.1, -0.05) is 41.5 Å². The summed E-state index contributed by atoms with van der Waals surface area (Å²) in [4.78, 5) is 26.9. The summed E-state index contributed by atoms with van der Waals surface area (Å²) in [5.41, 5.74) is 16.9. The summed E-state index contributed by atoms with van der Waals surface area (Å²) in [6.07, 6.45) is 6.64. The highest BCUT2D eigenvalue weighted by molar-refractivity contribution is 5.99. The van der Waals surface area contributed by atoms with Gasteiger partial charge < -0.3 is 21.1 Å². The van der Waals surface area contributed by atoms with Gasteiger partial charge in [0, 0.05) is 35.9 Å². The van der Waals surface area contributed by atoms with E-state index in [4.69, 9.17) is 16.5 Å². The molecule has 202 valence electrons. The van der Waals surface area contributed by atoms with Crippen LogP contribution in [0.2, 0.25) is 0 Å². The van der Waals surface area contributed by atoms with E-state index in [1.165, 1.54) is 0 Å². The molecule has 0 saturated carbocycles. The molecule has 3 heterocycles. The fourth-order valence-electron chi connectivity index (χ4n) is 5.33. The number of imidazole rings is 1. The number of fused-ring (bicyclic) bond motifs is 3. The molecule has 38 heavy (non-hydrogen) atoms. The minimum absolute atomic E-state index is 0.236. The Bertz CT molecular complexity index is 1490. The van der Waals surface area contributed by atoms with Crippen molar-refractivity contribution in [3.63, 3.8) is 0 Å². The number of nitrogens with two attached hydrogens (primary N) is 2. The lowest BCUT2D eigenvalue weighted by molar-refractivity contribution is 0.0999. The van der Waals surface area contributed by atoms with Gasteiger partial charge in [0.25, 0.3) is 0 Å². The molecule has 0 atom stereocenters. The number of unbranched alkanes of at least 4 members (excludes halogenated alkanes) is 1. The van der Waals surface area contributed by atoms with Crippen molar-refractivity contribution >= 4 is 28.0 Å². The van der Waals surface area contributed by atoms with Gasteiger partial charge in [-0.3, -0.25) is 14.8 Å². The molecule has 4 aromatic rings. The zero-order valence-electron chi connectivity index (χ0n) is 23.4. The Balaban J connectivity index is 1.91. The Hall–Kier alpha value is -3.52. The quantitative estimate of drug-likeness (QED) is 0.285. The Kier molecular flexibility index (Phi) is 7.48. The van der Waals surface area contributed by atoms with Crippen molar-refractivity contribution in [2.75, 3.05) is 6.54 Å². The van der Waals surface area contributed by atoms with E-state index < -0.39 is 11.3 Å². The number of hydrogen-bond donors (Lipinski definition) is 3. The molecule has 3 aromatic heterocycles. The number of amides is 1. The fraction of sp³-hybridized carbons (Fsp3) is 0.467. The molecule has 8 nitrogen and oxygen atoms in total. The second-order valence-electron chi connectivity index (χ2n) is 12.1. The minimum atomic E-state index is -0.494. The molecule has 1 amide bonds. The fourth-order valence-corrected chi connectivity index (χ4v) is 5.33. The minimum Gasteiger partial charge on any atom is -0.507 e. The van der Waals surface area contributed by atoms with Gasteiger partial charge in [-0.15, -0.1) is 0 Å². The first-order valence-electron chi connectivity index (χ1n) is 13.3. The zero-order valence-corrected chi connectivity index (χ0v) is 23.4. The van der Waals surface area contributed by atoms with Crippen molar-refractivity contribution in [2.24, 2.45) is 11.5 Å². The van der Waals surface area contributed by atoms with E-state index in [1.807, 2.05) is 32.9 Å². The van der Waals surface area contributed by atoms with Gasteiger partial charge in [0.15, 0.2) is 0 Å². The summed E-state index contributed by atoms with van der Waals surface area (Å²) in [6.45, 7) is 13.4. The predicted molar refractivity (Wildman–Crippen MR) is 153 cm³/mol. The molecule has 0 aliphatic carbocycles. The number of phenols is 1. The summed E-state index contributed by atoms with van der Waals surface area (Å²) in [5.74, 6) is 0.674. The number of carbonyl (C=O) groups is 1. The van der Waals surface area contributed by atoms with Crippen molar-refractivity contribution in [3.8, 4) is 5.75 Å². The van der Waals surface area contributed by atoms with Crippen LogP contribution in [0.25, 0.3) is 22.1 Å². The molecule has 4 rings (SSSR count). The average molecular weight is 517 g/mol. The van der Waals surface area contributed by atoms with Crippen LogP contribution in [0.3, 0.4) is 0 Å². The number of carbonyl (C=O) groups excluding carboxylic acids is 1. The number of pyridine rings is 2. The van der Waals surface area contributed by atoms with E-state index in [2.05, 4.69) is 35.3 Å². The van der Waals surface area contributed by atoms with Crippen LogP contribution >= 0.6 is 0 Å². The van der Waals surface area contributed by atoms with Crippen LogP contribution in [0, 0.1) is 0 Å². The number of rotatable bonds is 8. The van der Waals surface area contributed by atoms with E-state index in [9.17, 15) is 9.90 Å². The number of aromatic nitrogens is 4. The first-order valence-corrected chi connectivity index (χ1v) is 13.3. The molecule has 5 N–H and O–H groups in total. The molecule has 0 fully saturated rings. The summed E-state index contributed by atoms with van der Waals surface area (Å²) in [7, 11) is 0. The highest BCUT2D eigenvalue weighted by Crippen LogP contribution is 2.43. The molecule has 0 bridgehead atoms. The molecule has 0 saturated heterocycles. The van der Waals surface area contributed by atoms with Crippen LogP contribution < -0.4 is 11.5 Å². The number of benzene rings is 1. The van der Waals surface area contributed by atoms with Crippen LogP contribution in [0.15, 0.2) is 30.6 Å². The maximum Gasteiger partial charge on any atom is 0.249 e. The molecule has 0 aliphatic rings. The van der Waals surface area contributed by atoms with Gasteiger partial charge in [0.05, 0.1) is 17.2 Å². The van der Waals surface area contributed by atoms with E-state index in [1.54, 1.807) is 18.5 Å². The van der Waals surface area contributed by atoms with Crippen molar-refractivity contribution in [3.05, 3.63) is 58.7 Å². The third-order valence-electron chi connectivity index (χ3n) is 7.08. The van der Waals surface area contributed by atoms with Gasteiger partial charge in [0.1, 0.15) is 22.6 Å². The smallest absolute Gasteiger partial charge is 0.249 e. The molecule has 8 heteroatoms. The number of hydrogen-bond acceptors (Lipinski definition) is 6.